The van der Waals surface area contributed by atoms with Crippen molar-refractivity contribution in [3.63, 3.8) is 0 Å². The molecule has 0 aromatic heterocycles. The second kappa shape index (κ2) is 7.41. The van der Waals surface area contributed by atoms with E-state index < -0.39 is 0 Å². The van der Waals surface area contributed by atoms with E-state index in [-0.39, 0.29) is 0 Å². The number of anilines is 1. The van der Waals surface area contributed by atoms with Crippen molar-refractivity contribution >= 4 is 17.3 Å². The normalized spacial score (nSPS) is 10.8. The van der Waals surface area contributed by atoms with Gasteiger partial charge < -0.3 is 15.2 Å². The first-order chi connectivity index (χ1) is 8.09. The van der Waals surface area contributed by atoms with Gasteiger partial charge in [-0.3, -0.25) is 0 Å². The zero-order chi connectivity index (χ0) is 12.7. The number of ether oxygens (including phenoxy) is 2. The summed E-state index contributed by atoms with van der Waals surface area (Å²) in [6.45, 7) is 6.17. The van der Waals surface area contributed by atoms with Gasteiger partial charge in [-0.05, 0) is 24.5 Å². The van der Waals surface area contributed by atoms with Crippen molar-refractivity contribution in [2.45, 2.75) is 20.3 Å². The molecule has 0 bridgehead atoms. The minimum atomic E-state index is 0.489. The molecule has 0 saturated heterocycles. The molecule has 0 atom stereocenters. The van der Waals surface area contributed by atoms with Gasteiger partial charge in [0.2, 0.25) is 0 Å². The Morgan fingerprint density at radius 3 is 2.71 bits per heavy atom. The highest BCUT2D eigenvalue weighted by atomic mass is 35.5. The van der Waals surface area contributed by atoms with Crippen molar-refractivity contribution in [1.29, 1.82) is 0 Å². The molecule has 0 aliphatic carbocycles. The van der Waals surface area contributed by atoms with E-state index in [1.54, 1.807) is 18.2 Å². The highest BCUT2D eigenvalue weighted by molar-refractivity contribution is 6.30. The Kier molecular flexibility index (Phi) is 6.16. The van der Waals surface area contributed by atoms with Crippen molar-refractivity contribution in [2.24, 2.45) is 5.92 Å². The second-order valence-corrected chi connectivity index (χ2v) is 4.76. The van der Waals surface area contributed by atoms with E-state index in [2.05, 4.69) is 13.8 Å². The fourth-order valence-electron chi connectivity index (χ4n) is 1.26. The zero-order valence-electron chi connectivity index (χ0n) is 10.4. The molecule has 4 heteroatoms. The Balaban J connectivity index is 2.20. The minimum absolute atomic E-state index is 0.489. The molecule has 0 saturated carbocycles. The van der Waals surface area contributed by atoms with Crippen molar-refractivity contribution in [3.8, 4) is 5.75 Å². The molecule has 96 valence electrons. The van der Waals surface area contributed by atoms with Gasteiger partial charge in [-0.1, -0.05) is 25.4 Å². The van der Waals surface area contributed by atoms with E-state index in [1.165, 1.54) is 0 Å². The third kappa shape index (κ3) is 5.80. The SMILES string of the molecule is CC(C)CCOCCOc1cc(Cl)ccc1N. The Morgan fingerprint density at radius 1 is 1.24 bits per heavy atom. The average Bonchev–Trinajstić information content (AvgIpc) is 2.27. The third-order valence-corrected chi connectivity index (χ3v) is 2.54. The molecule has 1 aromatic rings. The molecule has 0 radical (unpaired) electrons. The van der Waals surface area contributed by atoms with E-state index in [1.807, 2.05) is 0 Å². The van der Waals surface area contributed by atoms with E-state index in [0.717, 1.165) is 13.0 Å². The first-order valence-corrected chi connectivity index (χ1v) is 6.23. The fraction of sp³-hybridized carbons (Fsp3) is 0.538. The molecule has 1 rings (SSSR count). The smallest absolute Gasteiger partial charge is 0.143 e. The zero-order valence-corrected chi connectivity index (χ0v) is 11.2. The summed E-state index contributed by atoms with van der Waals surface area (Å²) in [5, 5.41) is 0.620. The molecule has 0 amide bonds. The molecule has 3 nitrogen and oxygen atoms in total. The molecular weight excluding hydrogens is 238 g/mol. The van der Waals surface area contributed by atoms with Crippen LogP contribution >= 0.6 is 11.6 Å². The summed E-state index contributed by atoms with van der Waals surface area (Å²) >= 11 is 5.85. The van der Waals surface area contributed by atoms with Gasteiger partial charge in [-0.15, -0.1) is 0 Å². The maximum Gasteiger partial charge on any atom is 0.143 e. The van der Waals surface area contributed by atoms with Gasteiger partial charge in [-0.2, -0.15) is 0 Å². The Hall–Kier alpha value is -0.930. The maximum atomic E-state index is 5.85. The molecular formula is C13H20ClNO2. The Labute approximate surface area is 108 Å². The van der Waals surface area contributed by atoms with Crippen LogP contribution in [0.1, 0.15) is 20.3 Å². The fourth-order valence-corrected chi connectivity index (χ4v) is 1.43. The first kappa shape index (κ1) is 14.1. The number of hydrogen-bond donors (Lipinski definition) is 1. The molecule has 0 aliphatic heterocycles. The molecule has 0 unspecified atom stereocenters. The van der Waals surface area contributed by atoms with Crippen LogP contribution in [0.4, 0.5) is 5.69 Å². The van der Waals surface area contributed by atoms with Gasteiger partial charge in [0.15, 0.2) is 0 Å². The summed E-state index contributed by atoms with van der Waals surface area (Å²) < 4.78 is 10.9. The van der Waals surface area contributed by atoms with Gasteiger partial charge >= 0.3 is 0 Å². The lowest BCUT2D eigenvalue weighted by atomic mass is 10.1. The third-order valence-electron chi connectivity index (χ3n) is 2.30. The predicted octanol–water partition coefficient (Wildman–Crippen LogP) is 3.36. The molecule has 0 heterocycles. The lowest BCUT2D eigenvalue weighted by Crippen LogP contribution is -2.09. The van der Waals surface area contributed by atoms with Gasteiger partial charge in [0.25, 0.3) is 0 Å². The Morgan fingerprint density at radius 2 is 2.00 bits per heavy atom. The largest absolute Gasteiger partial charge is 0.489 e. The summed E-state index contributed by atoms with van der Waals surface area (Å²) in [6, 6.07) is 5.19. The van der Waals surface area contributed by atoms with Crippen molar-refractivity contribution in [3.05, 3.63) is 23.2 Å². The summed E-state index contributed by atoms with van der Waals surface area (Å²) in [7, 11) is 0. The van der Waals surface area contributed by atoms with Crippen molar-refractivity contribution in [2.75, 3.05) is 25.6 Å². The van der Waals surface area contributed by atoms with Gasteiger partial charge in [0, 0.05) is 17.7 Å². The van der Waals surface area contributed by atoms with Crippen LogP contribution in [0.2, 0.25) is 5.02 Å². The molecule has 0 fully saturated rings. The molecule has 17 heavy (non-hydrogen) atoms. The van der Waals surface area contributed by atoms with E-state index in [9.17, 15) is 0 Å². The van der Waals surface area contributed by atoms with Crippen LogP contribution in [0.25, 0.3) is 0 Å². The van der Waals surface area contributed by atoms with Crippen LogP contribution in [-0.2, 0) is 4.74 Å². The number of nitrogens with two attached hydrogens (primary N) is 1. The Bertz CT molecular complexity index is 342. The van der Waals surface area contributed by atoms with Gasteiger partial charge in [0.1, 0.15) is 12.4 Å². The quantitative estimate of drug-likeness (QED) is 0.602. The van der Waals surface area contributed by atoms with E-state index in [0.29, 0.717) is 35.6 Å². The number of halogens is 1. The number of rotatable bonds is 7. The van der Waals surface area contributed by atoms with Crippen molar-refractivity contribution < 1.29 is 9.47 Å². The molecule has 0 aliphatic rings. The topological polar surface area (TPSA) is 44.5 Å². The van der Waals surface area contributed by atoms with Crippen LogP contribution in [0.3, 0.4) is 0 Å². The summed E-state index contributed by atoms with van der Waals surface area (Å²) in [4.78, 5) is 0. The van der Waals surface area contributed by atoms with Gasteiger partial charge in [-0.25, -0.2) is 0 Å². The summed E-state index contributed by atoms with van der Waals surface area (Å²) in [5.41, 5.74) is 6.34. The van der Waals surface area contributed by atoms with Gasteiger partial charge in [0.05, 0.1) is 12.3 Å². The van der Waals surface area contributed by atoms with Crippen LogP contribution in [-0.4, -0.2) is 19.8 Å². The average molecular weight is 258 g/mol. The molecule has 1 aromatic carbocycles. The summed E-state index contributed by atoms with van der Waals surface area (Å²) in [6.07, 6.45) is 1.07. The number of hydrogen-bond acceptors (Lipinski definition) is 3. The standard InChI is InChI=1S/C13H20ClNO2/c1-10(2)5-6-16-7-8-17-13-9-11(14)3-4-12(13)15/h3-4,9-10H,5-8,15H2,1-2H3. The lowest BCUT2D eigenvalue weighted by molar-refractivity contribution is 0.0928. The van der Waals surface area contributed by atoms with Crippen LogP contribution in [0.5, 0.6) is 5.75 Å². The summed E-state index contributed by atoms with van der Waals surface area (Å²) in [5.74, 6) is 1.28. The maximum absolute atomic E-state index is 5.85. The minimum Gasteiger partial charge on any atom is -0.489 e. The highest BCUT2D eigenvalue weighted by Crippen LogP contribution is 2.25. The van der Waals surface area contributed by atoms with Crippen LogP contribution in [0, 0.1) is 5.92 Å². The van der Waals surface area contributed by atoms with Crippen molar-refractivity contribution in [1.82, 2.24) is 0 Å². The number of nitrogen functional groups attached to an aromatic ring is 1. The number of benzene rings is 1. The van der Waals surface area contributed by atoms with E-state index >= 15 is 0 Å². The monoisotopic (exact) mass is 257 g/mol. The molecule has 0 spiro atoms. The highest BCUT2D eigenvalue weighted by Gasteiger charge is 2.01. The second-order valence-electron chi connectivity index (χ2n) is 4.33. The van der Waals surface area contributed by atoms with Crippen LogP contribution < -0.4 is 10.5 Å². The lowest BCUT2D eigenvalue weighted by Gasteiger charge is -2.10. The molecule has 2 N–H and O–H groups in total. The van der Waals surface area contributed by atoms with E-state index in [4.69, 9.17) is 26.8 Å². The predicted molar refractivity (Wildman–Crippen MR) is 71.6 cm³/mol. The van der Waals surface area contributed by atoms with Crippen LogP contribution in [0.15, 0.2) is 18.2 Å². The first-order valence-electron chi connectivity index (χ1n) is 5.85.